The number of carbonyl (C=O) groups excluding carboxylic acids is 1. The maximum absolute atomic E-state index is 13.4. The number of benzene rings is 1. The van der Waals surface area contributed by atoms with Crippen molar-refractivity contribution in [2.75, 3.05) is 0 Å². The van der Waals surface area contributed by atoms with Crippen LogP contribution >= 0.6 is 23.4 Å². The van der Waals surface area contributed by atoms with Crippen molar-refractivity contribution >= 4 is 35.0 Å². The number of carbonyl (C=O) groups is 1. The summed E-state index contributed by atoms with van der Waals surface area (Å²) in [6.07, 6.45) is 2.19. The molecule has 3 heterocycles. The lowest BCUT2D eigenvalue weighted by atomic mass is 10.0. The van der Waals surface area contributed by atoms with E-state index in [0.717, 1.165) is 28.8 Å². The first-order chi connectivity index (χ1) is 14.5. The second-order valence-corrected chi connectivity index (χ2v) is 8.75. The van der Waals surface area contributed by atoms with E-state index in [9.17, 15) is 4.79 Å². The fraction of sp³-hybridized carbons (Fsp3) is 0.333. The summed E-state index contributed by atoms with van der Waals surface area (Å²) >= 11 is 7.41. The lowest BCUT2D eigenvalue weighted by Gasteiger charge is -2.22. The van der Waals surface area contributed by atoms with Gasteiger partial charge in [0.25, 0.3) is 5.91 Å². The molecule has 9 heteroatoms. The van der Waals surface area contributed by atoms with Crippen molar-refractivity contribution in [1.29, 1.82) is 0 Å². The van der Waals surface area contributed by atoms with Gasteiger partial charge in [0.15, 0.2) is 5.16 Å². The summed E-state index contributed by atoms with van der Waals surface area (Å²) < 4.78 is 7.61. The Labute approximate surface area is 184 Å². The van der Waals surface area contributed by atoms with E-state index in [4.69, 9.17) is 16.0 Å². The normalized spacial score (nSPS) is 17.3. The third-order valence-corrected chi connectivity index (χ3v) is 6.35. The minimum absolute atomic E-state index is 0.103. The van der Waals surface area contributed by atoms with Gasteiger partial charge >= 0.3 is 0 Å². The highest BCUT2D eigenvalue weighted by Crippen LogP contribution is 2.35. The Balaban J connectivity index is 1.60. The van der Waals surface area contributed by atoms with Crippen LogP contribution in [0.25, 0.3) is 0 Å². The van der Waals surface area contributed by atoms with Gasteiger partial charge in [-0.1, -0.05) is 35.5 Å². The van der Waals surface area contributed by atoms with Crippen molar-refractivity contribution in [2.45, 2.75) is 50.2 Å². The number of rotatable bonds is 6. The van der Waals surface area contributed by atoms with E-state index in [1.54, 1.807) is 11.3 Å². The standard InChI is InChI=1S/C21H22ClN5O2S/c1-4-26-14(3)23-24-21(26)30-13(2)20(28)27-18(19-6-5-11-29-19)12-17(25-27)15-7-9-16(22)10-8-15/h5-11,13,18H,4,12H2,1-3H3. The molecule has 3 aromatic rings. The Morgan fingerprint density at radius 1 is 1.30 bits per heavy atom. The molecule has 0 spiro atoms. The van der Waals surface area contributed by atoms with Crippen LogP contribution in [-0.2, 0) is 11.3 Å². The van der Waals surface area contributed by atoms with Crippen molar-refractivity contribution in [3.8, 4) is 0 Å². The summed E-state index contributed by atoms with van der Waals surface area (Å²) in [5.41, 5.74) is 1.76. The van der Waals surface area contributed by atoms with Crippen LogP contribution in [-0.4, -0.2) is 36.6 Å². The van der Waals surface area contributed by atoms with Crippen LogP contribution < -0.4 is 0 Å². The molecule has 1 aromatic carbocycles. The fourth-order valence-electron chi connectivity index (χ4n) is 3.44. The molecule has 0 radical (unpaired) electrons. The van der Waals surface area contributed by atoms with Crippen LogP contribution in [0.3, 0.4) is 0 Å². The smallest absolute Gasteiger partial charge is 0.256 e. The number of aromatic nitrogens is 3. The highest BCUT2D eigenvalue weighted by atomic mass is 35.5. The monoisotopic (exact) mass is 443 g/mol. The van der Waals surface area contributed by atoms with E-state index in [-0.39, 0.29) is 17.2 Å². The predicted molar refractivity (Wildman–Crippen MR) is 117 cm³/mol. The average Bonchev–Trinajstić information content (AvgIpc) is 3.47. The van der Waals surface area contributed by atoms with Crippen molar-refractivity contribution in [3.05, 3.63) is 64.8 Å². The van der Waals surface area contributed by atoms with Gasteiger partial charge in [0.05, 0.1) is 17.2 Å². The molecule has 0 aliphatic carbocycles. The second-order valence-electron chi connectivity index (χ2n) is 7.01. The zero-order valence-corrected chi connectivity index (χ0v) is 18.5. The number of halogens is 1. The van der Waals surface area contributed by atoms with Crippen molar-refractivity contribution in [3.63, 3.8) is 0 Å². The molecule has 2 atom stereocenters. The number of amides is 1. The molecule has 1 aliphatic rings. The maximum Gasteiger partial charge on any atom is 0.256 e. The van der Waals surface area contributed by atoms with E-state index < -0.39 is 0 Å². The Kier molecular flexibility index (Phi) is 5.97. The third kappa shape index (κ3) is 4.02. The topological polar surface area (TPSA) is 76.5 Å². The van der Waals surface area contributed by atoms with Crippen LogP contribution in [0.2, 0.25) is 5.02 Å². The molecule has 2 aromatic heterocycles. The fourth-order valence-corrected chi connectivity index (χ4v) is 4.57. The molecule has 30 heavy (non-hydrogen) atoms. The third-order valence-electron chi connectivity index (χ3n) is 5.03. The van der Waals surface area contributed by atoms with Crippen LogP contribution in [0.1, 0.15) is 43.5 Å². The quantitative estimate of drug-likeness (QED) is 0.515. The minimum Gasteiger partial charge on any atom is -0.467 e. The maximum atomic E-state index is 13.4. The molecular formula is C21H22ClN5O2S. The highest BCUT2D eigenvalue weighted by molar-refractivity contribution is 8.00. The highest BCUT2D eigenvalue weighted by Gasteiger charge is 2.37. The summed E-state index contributed by atoms with van der Waals surface area (Å²) in [6.45, 7) is 6.55. The second kappa shape index (κ2) is 8.65. The van der Waals surface area contributed by atoms with Gasteiger partial charge < -0.3 is 8.98 Å². The summed E-state index contributed by atoms with van der Waals surface area (Å²) in [5, 5.41) is 15.6. The number of hydrazone groups is 1. The molecule has 1 aliphatic heterocycles. The zero-order valence-electron chi connectivity index (χ0n) is 16.9. The number of hydrogen-bond donors (Lipinski definition) is 0. The number of hydrogen-bond acceptors (Lipinski definition) is 6. The van der Waals surface area contributed by atoms with E-state index in [1.807, 2.05) is 61.7 Å². The van der Waals surface area contributed by atoms with Gasteiger partial charge in [-0.3, -0.25) is 4.79 Å². The van der Waals surface area contributed by atoms with Crippen LogP contribution in [0.4, 0.5) is 0 Å². The van der Waals surface area contributed by atoms with Crippen LogP contribution in [0.5, 0.6) is 0 Å². The molecule has 0 saturated heterocycles. The molecule has 7 nitrogen and oxygen atoms in total. The van der Waals surface area contributed by atoms with E-state index in [1.165, 1.54) is 11.8 Å². The first kappa shape index (κ1) is 20.7. The summed E-state index contributed by atoms with van der Waals surface area (Å²) in [7, 11) is 0. The van der Waals surface area contributed by atoms with Gasteiger partial charge in [0, 0.05) is 18.0 Å². The van der Waals surface area contributed by atoms with Gasteiger partial charge in [-0.2, -0.15) is 5.10 Å². The SMILES string of the molecule is CCn1c(C)nnc1SC(C)C(=O)N1N=C(c2ccc(Cl)cc2)CC1c1ccco1. The first-order valence-electron chi connectivity index (χ1n) is 9.74. The zero-order chi connectivity index (χ0) is 21.3. The number of thioether (sulfide) groups is 1. The van der Waals surface area contributed by atoms with Gasteiger partial charge in [-0.15, -0.1) is 10.2 Å². The summed E-state index contributed by atoms with van der Waals surface area (Å²) in [5.74, 6) is 1.44. The van der Waals surface area contributed by atoms with Gasteiger partial charge in [0.1, 0.15) is 17.6 Å². The lowest BCUT2D eigenvalue weighted by Crippen LogP contribution is -2.33. The molecule has 156 valence electrons. The first-order valence-corrected chi connectivity index (χ1v) is 11.0. The molecule has 4 rings (SSSR count). The van der Waals surface area contributed by atoms with E-state index >= 15 is 0 Å². The Morgan fingerprint density at radius 2 is 2.07 bits per heavy atom. The van der Waals surface area contributed by atoms with E-state index in [0.29, 0.717) is 17.2 Å². The average molecular weight is 444 g/mol. The Morgan fingerprint density at radius 3 is 2.73 bits per heavy atom. The predicted octanol–water partition coefficient (Wildman–Crippen LogP) is 4.71. The largest absolute Gasteiger partial charge is 0.467 e. The van der Waals surface area contributed by atoms with Crippen molar-refractivity contribution in [2.24, 2.45) is 5.10 Å². The van der Waals surface area contributed by atoms with Gasteiger partial charge in [0.2, 0.25) is 0 Å². The number of furan rings is 1. The van der Waals surface area contributed by atoms with Crippen molar-refractivity contribution in [1.82, 2.24) is 19.8 Å². The summed E-state index contributed by atoms with van der Waals surface area (Å²) in [6, 6.07) is 10.9. The molecule has 2 unspecified atom stereocenters. The van der Waals surface area contributed by atoms with E-state index in [2.05, 4.69) is 15.3 Å². The van der Waals surface area contributed by atoms with Gasteiger partial charge in [-0.25, -0.2) is 5.01 Å². The minimum atomic E-state index is -0.385. The van der Waals surface area contributed by atoms with Gasteiger partial charge in [-0.05, 0) is 50.6 Å². The Hall–Kier alpha value is -2.58. The summed E-state index contributed by atoms with van der Waals surface area (Å²) in [4.78, 5) is 13.4. The number of nitrogens with zero attached hydrogens (tertiary/aromatic N) is 5. The van der Waals surface area contributed by atoms with Crippen molar-refractivity contribution < 1.29 is 9.21 Å². The molecule has 0 bridgehead atoms. The Bertz CT molecular complexity index is 1060. The van der Waals surface area contributed by atoms with Crippen LogP contribution in [0.15, 0.2) is 57.3 Å². The molecule has 0 saturated carbocycles. The van der Waals surface area contributed by atoms with Crippen LogP contribution in [0, 0.1) is 6.92 Å². The molecule has 1 amide bonds. The molecule has 0 N–H and O–H groups in total. The molecular weight excluding hydrogens is 422 g/mol. The number of aryl methyl sites for hydroxylation is 1. The lowest BCUT2D eigenvalue weighted by molar-refractivity contribution is -0.132. The molecule has 0 fully saturated rings.